The molecule has 4 rings (SSSR count). The zero-order valence-electron chi connectivity index (χ0n) is 18.5. The number of nitrogens with one attached hydrogen (secondary N) is 1. The van der Waals surface area contributed by atoms with Crippen molar-refractivity contribution in [3.05, 3.63) is 64.7 Å². The Morgan fingerprint density at radius 2 is 2.00 bits per heavy atom. The van der Waals surface area contributed by atoms with Crippen LogP contribution in [0, 0.1) is 23.0 Å². The SMILES string of the molecule is COc1ccccc1C(=O)NCc1ccc(-c2nn(C3CCOCC3)c(N)c2C#N)c(F)c1F. The van der Waals surface area contributed by atoms with E-state index in [1.807, 2.05) is 6.07 Å². The van der Waals surface area contributed by atoms with E-state index in [0.717, 1.165) is 0 Å². The molecule has 1 aromatic heterocycles. The molecule has 0 atom stereocenters. The summed E-state index contributed by atoms with van der Waals surface area (Å²) in [6, 6.07) is 11.1. The maximum Gasteiger partial charge on any atom is 0.255 e. The molecule has 10 heteroatoms. The average Bonchev–Trinajstić information content (AvgIpc) is 3.20. The molecule has 1 amide bonds. The molecule has 1 aliphatic heterocycles. The maximum absolute atomic E-state index is 15.1. The molecule has 0 saturated carbocycles. The molecule has 2 aromatic carbocycles. The Hall–Kier alpha value is -3.97. The molecule has 0 spiro atoms. The molecule has 0 bridgehead atoms. The molecule has 0 unspecified atom stereocenters. The summed E-state index contributed by atoms with van der Waals surface area (Å²) in [5.41, 5.74) is 6.13. The van der Waals surface area contributed by atoms with Crippen molar-refractivity contribution >= 4 is 11.7 Å². The van der Waals surface area contributed by atoms with Crippen LogP contribution in [0.25, 0.3) is 11.3 Å². The minimum absolute atomic E-state index is 0.0120. The summed E-state index contributed by atoms with van der Waals surface area (Å²) < 4.78 is 42.0. The van der Waals surface area contributed by atoms with Crippen LogP contribution in [0.15, 0.2) is 36.4 Å². The number of nitrogens with two attached hydrogens (primary N) is 1. The minimum Gasteiger partial charge on any atom is -0.496 e. The normalized spacial score (nSPS) is 13.9. The van der Waals surface area contributed by atoms with Crippen LogP contribution in [0.2, 0.25) is 0 Å². The molecular weight excluding hydrogens is 444 g/mol. The fraction of sp³-hybridized carbons (Fsp3) is 0.292. The van der Waals surface area contributed by atoms with E-state index < -0.39 is 17.5 Å². The lowest BCUT2D eigenvalue weighted by Crippen LogP contribution is -2.24. The number of carbonyl (C=O) groups excluding carboxylic acids is 1. The van der Waals surface area contributed by atoms with Crippen molar-refractivity contribution in [2.45, 2.75) is 25.4 Å². The monoisotopic (exact) mass is 467 g/mol. The lowest BCUT2D eigenvalue weighted by atomic mass is 10.0. The van der Waals surface area contributed by atoms with Crippen molar-refractivity contribution < 1.29 is 23.0 Å². The summed E-state index contributed by atoms with van der Waals surface area (Å²) in [7, 11) is 1.44. The highest BCUT2D eigenvalue weighted by atomic mass is 19.2. The Balaban J connectivity index is 1.60. The van der Waals surface area contributed by atoms with Gasteiger partial charge in [0, 0.05) is 30.9 Å². The average molecular weight is 467 g/mol. The van der Waals surface area contributed by atoms with Crippen molar-refractivity contribution in [2.24, 2.45) is 0 Å². The number of rotatable bonds is 6. The number of halogens is 2. The van der Waals surface area contributed by atoms with E-state index in [1.54, 1.807) is 24.3 Å². The van der Waals surface area contributed by atoms with E-state index in [9.17, 15) is 14.4 Å². The summed E-state index contributed by atoms with van der Waals surface area (Å²) in [5, 5.41) is 16.5. The van der Waals surface area contributed by atoms with E-state index in [0.29, 0.717) is 31.8 Å². The number of benzene rings is 2. The second-order valence-electron chi connectivity index (χ2n) is 7.79. The molecule has 3 aromatic rings. The molecule has 1 aliphatic rings. The van der Waals surface area contributed by atoms with Gasteiger partial charge in [0.05, 0.1) is 18.7 Å². The zero-order chi connectivity index (χ0) is 24.2. The fourth-order valence-corrected chi connectivity index (χ4v) is 3.97. The molecule has 2 heterocycles. The van der Waals surface area contributed by atoms with E-state index in [-0.39, 0.29) is 46.4 Å². The van der Waals surface area contributed by atoms with Gasteiger partial charge in [-0.25, -0.2) is 13.5 Å². The predicted molar refractivity (Wildman–Crippen MR) is 120 cm³/mol. The lowest BCUT2D eigenvalue weighted by Gasteiger charge is -2.23. The summed E-state index contributed by atoms with van der Waals surface area (Å²) in [6.07, 6.45) is 1.30. The number of nitrogen functional groups attached to an aromatic ring is 1. The van der Waals surface area contributed by atoms with Gasteiger partial charge in [-0.3, -0.25) is 4.79 Å². The van der Waals surface area contributed by atoms with Gasteiger partial charge in [0.2, 0.25) is 0 Å². The highest BCUT2D eigenvalue weighted by Gasteiger charge is 2.27. The van der Waals surface area contributed by atoms with E-state index in [1.165, 1.54) is 23.9 Å². The van der Waals surface area contributed by atoms with Crippen molar-refractivity contribution in [1.29, 1.82) is 5.26 Å². The standard InChI is InChI=1S/C24H23F2N5O3/c1-33-19-5-3-2-4-16(19)24(32)29-13-14-6-7-17(21(26)20(14)25)22-18(12-27)23(28)31(30-22)15-8-10-34-11-9-15/h2-7,15H,8-11,13,28H2,1H3,(H,29,32). The number of hydrogen-bond acceptors (Lipinski definition) is 6. The number of ether oxygens (including phenoxy) is 2. The molecule has 0 aliphatic carbocycles. The Morgan fingerprint density at radius 1 is 1.26 bits per heavy atom. The summed E-state index contributed by atoms with van der Waals surface area (Å²) in [4.78, 5) is 12.5. The number of hydrogen-bond donors (Lipinski definition) is 2. The van der Waals surface area contributed by atoms with Crippen LogP contribution in [0.3, 0.4) is 0 Å². The molecule has 3 N–H and O–H groups in total. The van der Waals surface area contributed by atoms with Gasteiger partial charge in [0.15, 0.2) is 11.6 Å². The topological polar surface area (TPSA) is 115 Å². The van der Waals surface area contributed by atoms with Gasteiger partial charge in [-0.1, -0.05) is 18.2 Å². The van der Waals surface area contributed by atoms with Gasteiger partial charge in [-0.2, -0.15) is 10.4 Å². The van der Waals surface area contributed by atoms with Crippen LogP contribution in [0.5, 0.6) is 5.75 Å². The first-order valence-electron chi connectivity index (χ1n) is 10.7. The smallest absolute Gasteiger partial charge is 0.255 e. The van der Waals surface area contributed by atoms with Gasteiger partial charge in [0.25, 0.3) is 5.91 Å². The first-order valence-corrected chi connectivity index (χ1v) is 10.7. The Bertz CT molecular complexity index is 1260. The first-order chi connectivity index (χ1) is 16.5. The Labute approximate surface area is 194 Å². The minimum atomic E-state index is -1.17. The quantitative estimate of drug-likeness (QED) is 0.573. The largest absolute Gasteiger partial charge is 0.496 e. The molecule has 0 radical (unpaired) electrons. The number of methoxy groups -OCH3 is 1. The number of anilines is 1. The zero-order valence-corrected chi connectivity index (χ0v) is 18.5. The van der Waals surface area contributed by atoms with Crippen LogP contribution >= 0.6 is 0 Å². The molecule has 176 valence electrons. The number of para-hydroxylation sites is 1. The lowest BCUT2D eigenvalue weighted by molar-refractivity contribution is 0.0669. The highest BCUT2D eigenvalue weighted by Crippen LogP contribution is 2.34. The van der Waals surface area contributed by atoms with Crippen molar-refractivity contribution in [3.63, 3.8) is 0 Å². The third kappa shape index (κ3) is 4.30. The molecular formula is C24H23F2N5O3. The second-order valence-corrected chi connectivity index (χ2v) is 7.79. The van der Waals surface area contributed by atoms with Gasteiger partial charge < -0.3 is 20.5 Å². The number of nitrogens with zero attached hydrogens (tertiary/aromatic N) is 3. The van der Waals surface area contributed by atoms with Crippen molar-refractivity contribution in [2.75, 3.05) is 26.1 Å². The number of carbonyl (C=O) groups is 1. The van der Waals surface area contributed by atoms with E-state index in [2.05, 4.69) is 10.4 Å². The van der Waals surface area contributed by atoms with E-state index >= 15 is 4.39 Å². The molecule has 1 saturated heterocycles. The van der Waals surface area contributed by atoms with Crippen LogP contribution in [0.1, 0.15) is 40.4 Å². The number of aromatic nitrogens is 2. The van der Waals surface area contributed by atoms with Crippen molar-refractivity contribution in [3.8, 4) is 23.1 Å². The van der Waals surface area contributed by atoms with Gasteiger partial charge in [-0.05, 0) is 31.0 Å². The first kappa shape index (κ1) is 23.2. The number of nitriles is 1. The maximum atomic E-state index is 15.1. The molecule has 1 fully saturated rings. The van der Waals surface area contributed by atoms with Crippen LogP contribution in [-0.4, -0.2) is 36.0 Å². The summed E-state index contributed by atoms with van der Waals surface area (Å²) in [5.74, 6) is -2.32. The fourth-order valence-electron chi connectivity index (χ4n) is 3.97. The van der Waals surface area contributed by atoms with Crippen LogP contribution in [-0.2, 0) is 11.3 Å². The third-order valence-corrected chi connectivity index (χ3v) is 5.80. The van der Waals surface area contributed by atoms with Crippen molar-refractivity contribution in [1.82, 2.24) is 15.1 Å². The van der Waals surface area contributed by atoms with Gasteiger partial charge in [-0.15, -0.1) is 0 Å². The molecule has 34 heavy (non-hydrogen) atoms. The molecule has 8 nitrogen and oxygen atoms in total. The Kier molecular flexibility index (Phi) is 6.75. The van der Waals surface area contributed by atoms with Gasteiger partial charge >= 0.3 is 0 Å². The second kappa shape index (κ2) is 9.89. The highest BCUT2D eigenvalue weighted by molar-refractivity contribution is 5.96. The van der Waals surface area contributed by atoms with Gasteiger partial charge in [0.1, 0.15) is 28.9 Å². The predicted octanol–water partition coefficient (Wildman–Crippen LogP) is 3.57. The van der Waals surface area contributed by atoms with Crippen LogP contribution < -0.4 is 15.8 Å². The summed E-state index contributed by atoms with van der Waals surface area (Å²) in [6.45, 7) is 0.808. The number of amides is 1. The van der Waals surface area contributed by atoms with Crippen LogP contribution in [0.4, 0.5) is 14.6 Å². The third-order valence-electron chi connectivity index (χ3n) is 5.80. The summed E-state index contributed by atoms with van der Waals surface area (Å²) >= 11 is 0. The Morgan fingerprint density at radius 3 is 2.71 bits per heavy atom. The van der Waals surface area contributed by atoms with E-state index in [4.69, 9.17) is 15.2 Å².